The molecule has 2 atom stereocenters. The Kier molecular flexibility index (Phi) is 3.75. The van der Waals surface area contributed by atoms with Crippen LogP contribution in [0.25, 0.3) is 0 Å². The Morgan fingerprint density at radius 3 is 3.13 bits per heavy atom. The van der Waals surface area contributed by atoms with Crippen LogP contribution in [0.2, 0.25) is 0 Å². The molecule has 1 aromatic rings. The molecular formula is C11H19N3O. The molecule has 84 valence electrons. The molecule has 0 aromatic carbocycles. The number of nitrogens with zero attached hydrogens (tertiary/aromatic N) is 1. The summed E-state index contributed by atoms with van der Waals surface area (Å²) in [5.74, 6) is 0.996. The van der Waals surface area contributed by atoms with Crippen molar-refractivity contribution in [3.63, 3.8) is 0 Å². The number of nitrogens with one attached hydrogen (secondary N) is 2. The van der Waals surface area contributed by atoms with Gasteiger partial charge in [-0.3, -0.25) is 0 Å². The topological polar surface area (TPSA) is 49.9 Å². The van der Waals surface area contributed by atoms with Crippen molar-refractivity contribution in [1.82, 2.24) is 15.3 Å². The second kappa shape index (κ2) is 5.28. The maximum Gasteiger partial charge on any atom is 0.120 e. The smallest absolute Gasteiger partial charge is 0.120 e. The minimum atomic E-state index is 0.369. The molecule has 0 saturated heterocycles. The SMILES string of the molecule is COC1CCCCC1NCc1ncc[nH]1. The molecule has 1 aromatic heterocycles. The summed E-state index contributed by atoms with van der Waals surface area (Å²) in [6.45, 7) is 0.803. The molecule has 4 heteroatoms. The highest BCUT2D eigenvalue weighted by Crippen LogP contribution is 2.20. The molecule has 0 amide bonds. The fraction of sp³-hybridized carbons (Fsp3) is 0.727. The summed E-state index contributed by atoms with van der Waals surface area (Å²) < 4.78 is 5.48. The zero-order valence-corrected chi connectivity index (χ0v) is 9.20. The number of hydrogen-bond donors (Lipinski definition) is 2. The van der Waals surface area contributed by atoms with Crippen LogP contribution in [-0.2, 0) is 11.3 Å². The van der Waals surface area contributed by atoms with Crippen LogP contribution in [0.5, 0.6) is 0 Å². The van der Waals surface area contributed by atoms with Gasteiger partial charge in [-0.1, -0.05) is 12.8 Å². The van der Waals surface area contributed by atoms with Crippen molar-refractivity contribution in [3.8, 4) is 0 Å². The van der Waals surface area contributed by atoms with Crippen LogP contribution in [0.3, 0.4) is 0 Å². The van der Waals surface area contributed by atoms with E-state index in [9.17, 15) is 0 Å². The Balaban J connectivity index is 1.81. The van der Waals surface area contributed by atoms with Crippen LogP contribution < -0.4 is 5.32 Å². The van der Waals surface area contributed by atoms with E-state index in [-0.39, 0.29) is 0 Å². The van der Waals surface area contributed by atoms with Gasteiger partial charge in [0.1, 0.15) is 5.82 Å². The van der Waals surface area contributed by atoms with E-state index in [4.69, 9.17) is 4.74 Å². The first-order chi connectivity index (χ1) is 7.40. The molecule has 0 bridgehead atoms. The van der Waals surface area contributed by atoms with E-state index in [1.807, 2.05) is 6.20 Å². The van der Waals surface area contributed by atoms with Gasteiger partial charge in [0.25, 0.3) is 0 Å². The van der Waals surface area contributed by atoms with Crippen LogP contribution in [0.15, 0.2) is 12.4 Å². The first-order valence-corrected chi connectivity index (χ1v) is 5.64. The van der Waals surface area contributed by atoms with Gasteiger partial charge < -0.3 is 15.0 Å². The highest BCUT2D eigenvalue weighted by atomic mass is 16.5. The first-order valence-electron chi connectivity index (χ1n) is 5.64. The maximum absolute atomic E-state index is 5.48. The average Bonchev–Trinajstić information content (AvgIpc) is 2.79. The van der Waals surface area contributed by atoms with Crippen molar-refractivity contribution in [3.05, 3.63) is 18.2 Å². The predicted octanol–water partition coefficient (Wildman–Crippen LogP) is 1.46. The zero-order chi connectivity index (χ0) is 10.5. The van der Waals surface area contributed by atoms with Gasteiger partial charge in [0.15, 0.2) is 0 Å². The molecule has 0 spiro atoms. The molecule has 1 heterocycles. The highest BCUT2D eigenvalue weighted by Gasteiger charge is 2.24. The van der Waals surface area contributed by atoms with Crippen molar-refractivity contribution >= 4 is 0 Å². The van der Waals surface area contributed by atoms with Crippen LogP contribution in [0, 0.1) is 0 Å². The maximum atomic E-state index is 5.48. The van der Waals surface area contributed by atoms with Gasteiger partial charge in [-0.05, 0) is 12.8 Å². The Bertz CT molecular complexity index is 273. The van der Waals surface area contributed by atoms with Crippen molar-refractivity contribution in [2.24, 2.45) is 0 Å². The Labute approximate surface area is 90.4 Å². The number of imidazole rings is 1. The number of aromatic amines is 1. The minimum Gasteiger partial charge on any atom is -0.380 e. The Morgan fingerprint density at radius 2 is 2.40 bits per heavy atom. The summed E-state index contributed by atoms with van der Waals surface area (Å²) in [7, 11) is 1.80. The Morgan fingerprint density at radius 1 is 1.53 bits per heavy atom. The van der Waals surface area contributed by atoms with E-state index in [2.05, 4.69) is 15.3 Å². The summed E-state index contributed by atoms with van der Waals surface area (Å²) in [4.78, 5) is 7.29. The molecule has 1 saturated carbocycles. The number of aromatic nitrogens is 2. The fourth-order valence-electron chi connectivity index (χ4n) is 2.23. The lowest BCUT2D eigenvalue weighted by molar-refractivity contribution is 0.0411. The number of methoxy groups -OCH3 is 1. The van der Waals surface area contributed by atoms with Crippen LogP contribution in [0.1, 0.15) is 31.5 Å². The lowest BCUT2D eigenvalue weighted by atomic mass is 9.92. The summed E-state index contributed by atoms with van der Waals surface area (Å²) in [5.41, 5.74) is 0. The molecule has 0 radical (unpaired) electrons. The zero-order valence-electron chi connectivity index (χ0n) is 9.20. The van der Waals surface area contributed by atoms with Crippen molar-refractivity contribution < 1.29 is 4.74 Å². The summed E-state index contributed by atoms with van der Waals surface area (Å²) in [5, 5.41) is 3.51. The van der Waals surface area contributed by atoms with E-state index in [1.54, 1.807) is 13.3 Å². The van der Waals surface area contributed by atoms with Crippen molar-refractivity contribution in [2.75, 3.05) is 7.11 Å². The molecule has 2 unspecified atom stereocenters. The molecule has 2 rings (SSSR count). The third-order valence-corrected chi connectivity index (χ3v) is 3.09. The largest absolute Gasteiger partial charge is 0.380 e. The third kappa shape index (κ3) is 2.79. The quantitative estimate of drug-likeness (QED) is 0.789. The summed E-state index contributed by atoms with van der Waals surface area (Å²) in [6.07, 6.45) is 8.98. The second-order valence-corrected chi connectivity index (χ2v) is 4.08. The van der Waals surface area contributed by atoms with Gasteiger partial charge in [-0.15, -0.1) is 0 Å². The normalized spacial score (nSPS) is 26.7. The molecule has 15 heavy (non-hydrogen) atoms. The first kappa shape index (κ1) is 10.6. The van der Waals surface area contributed by atoms with E-state index in [0.29, 0.717) is 12.1 Å². The molecule has 1 aliphatic carbocycles. The second-order valence-electron chi connectivity index (χ2n) is 4.08. The summed E-state index contributed by atoms with van der Waals surface area (Å²) in [6, 6.07) is 0.480. The highest BCUT2D eigenvalue weighted by molar-refractivity contribution is 4.89. The van der Waals surface area contributed by atoms with Crippen LogP contribution in [-0.4, -0.2) is 29.2 Å². The average molecular weight is 209 g/mol. The van der Waals surface area contributed by atoms with Crippen LogP contribution >= 0.6 is 0 Å². The lowest BCUT2D eigenvalue weighted by Gasteiger charge is -2.30. The van der Waals surface area contributed by atoms with Crippen molar-refractivity contribution in [1.29, 1.82) is 0 Å². The fourth-order valence-corrected chi connectivity index (χ4v) is 2.23. The summed E-state index contributed by atoms with van der Waals surface area (Å²) >= 11 is 0. The predicted molar refractivity (Wildman–Crippen MR) is 58.5 cm³/mol. The monoisotopic (exact) mass is 209 g/mol. The number of hydrogen-bond acceptors (Lipinski definition) is 3. The standard InChI is InChI=1S/C11H19N3O/c1-15-10-5-3-2-4-9(10)14-8-11-12-6-7-13-11/h6-7,9-10,14H,2-5,8H2,1H3,(H,12,13). The number of ether oxygens (including phenoxy) is 1. The van der Waals surface area contributed by atoms with E-state index < -0.39 is 0 Å². The molecular weight excluding hydrogens is 190 g/mol. The Hall–Kier alpha value is -0.870. The molecule has 0 aliphatic heterocycles. The van der Waals surface area contributed by atoms with Gasteiger partial charge in [0.2, 0.25) is 0 Å². The van der Waals surface area contributed by atoms with Crippen LogP contribution in [0.4, 0.5) is 0 Å². The number of H-pyrrole nitrogens is 1. The molecule has 4 nitrogen and oxygen atoms in total. The lowest BCUT2D eigenvalue weighted by Crippen LogP contribution is -2.42. The van der Waals surface area contributed by atoms with Gasteiger partial charge in [-0.2, -0.15) is 0 Å². The van der Waals surface area contributed by atoms with E-state index >= 15 is 0 Å². The minimum absolute atomic E-state index is 0.369. The molecule has 1 fully saturated rings. The van der Waals surface area contributed by atoms with E-state index in [0.717, 1.165) is 12.4 Å². The number of rotatable bonds is 4. The molecule has 2 N–H and O–H groups in total. The van der Waals surface area contributed by atoms with Gasteiger partial charge in [0, 0.05) is 25.5 Å². The van der Waals surface area contributed by atoms with Gasteiger partial charge in [0.05, 0.1) is 12.6 Å². The third-order valence-electron chi connectivity index (χ3n) is 3.09. The van der Waals surface area contributed by atoms with E-state index in [1.165, 1.54) is 25.7 Å². The molecule has 1 aliphatic rings. The van der Waals surface area contributed by atoms with Crippen molar-refractivity contribution in [2.45, 2.75) is 44.4 Å². The van der Waals surface area contributed by atoms with Gasteiger partial charge in [-0.25, -0.2) is 4.98 Å². The van der Waals surface area contributed by atoms with Gasteiger partial charge >= 0.3 is 0 Å².